The molecule has 0 unspecified atom stereocenters. The van der Waals surface area contributed by atoms with Crippen LogP contribution in [-0.2, 0) is 44.6 Å². The molecule has 4 amide bonds. The van der Waals surface area contributed by atoms with Crippen LogP contribution in [0.25, 0.3) is 0 Å². The predicted molar refractivity (Wildman–Crippen MR) is 206 cm³/mol. The molecular formula is C37H54N8O10S2. The highest BCUT2D eigenvalue weighted by Crippen LogP contribution is 2.35. The fourth-order valence-corrected chi connectivity index (χ4v) is 10.9. The number of nitrogens with two attached hydrogens (primary N) is 1. The van der Waals surface area contributed by atoms with Crippen LogP contribution in [0.5, 0.6) is 0 Å². The Morgan fingerprint density at radius 2 is 1.61 bits per heavy atom. The molecule has 6 N–H and O–H groups in total. The number of carbonyl (C=O) groups is 5. The molecule has 2 aromatic rings. The van der Waals surface area contributed by atoms with Crippen molar-refractivity contribution in [3.05, 3.63) is 41.7 Å². The largest absolute Gasteiger partial charge is 0.384 e. The van der Waals surface area contributed by atoms with Crippen LogP contribution in [-0.4, -0.2) is 112 Å². The molecule has 1 aliphatic carbocycles. The quantitative estimate of drug-likeness (QED) is 0.174. The van der Waals surface area contributed by atoms with Crippen molar-refractivity contribution in [2.45, 2.75) is 132 Å². The minimum atomic E-state index is -3.89. The van der Waals surface area contributed by atoms with Gasteiger partial charge in [-0.25, -0.2) is 26.2 Å². The predicted octanol–water partition coefficient (Wildman–Crippen LogP) is 0.611. The molecule has 1 aromatic carbocycles. The number of nitrogens with one attached hydrogen (secondary N) is 3. The zero-order valence-corrected chi connectivity index (χ0v) is 34.6. The standard InChI is InChI=1S/C37H54N8O10S2/c1-35(2,3)42-57(54,55)26-13-11-24(12-14-26)32(48)40-27(19-23-9-7-6-8-10-23)34(50)44-22-25(45-29(21-39-43-45)36(4,5)51)20-28(44)33(49)41-37(30(46)31(38)47)15-17-56(52,53)18-16-37/h11-14,21,23,25,27-28,42,51H,6-10,15-20,22H2,1-5H3,(H2,38,47)(H,40,48)(H,41,49)/t25-,27+,28-/m0/s1. The van der Waals surface area contributed by atoms with Gasteiger partial charge in [-0.15, -0.1) is 5.10 Å². The van der Waals surface area contributed by atoms with Gasteiger partial charge in [0.15, 0.2) is 9.84 Å². The maximum atomic E-state index is 14.8. The lowest BCUT2D eigenvalue weighted by Crippen LogP contribution is -2.64. The van der Waals surface area contributed by atoms with E-state index >= 15 is 0 Å². The number of primary amides is 1. The van der Waals surface area contributed by atoms with Crippen molar-refractivity contribution in [2.75, 3.05) is 18.1 Å². The Bertz CT molecular complexity index is 2070. The van der Waals surface area contributed by atoms with Crippen molar-refractivity contribution >= 4 is 49.3 Å². The second-order valence-electron chi connectivity index (χ2n) is 17.1. The minimum Gasteiger partial charge on any atom is -0.384 e. The van der Waals surface area contributed by atoms with Crippen molar-refractivity contribution < 1.29 is 45.9 Å². The molecule has 3 heterocycles. The molecule has 0 radical (unpaired) electrons. The van der Waals surface area contributed by atoms with Crippen molar-refractivity contribution in [3.63, 3.8) is 0 Å². The summed E-state index contributed by atoms with van der Waals surface area (Å²) < 4.78 is 54.5. The molecule has 3 atom stereocenters. The summed E-state index contributed by atoms with van der Waals surface area (Å²) in [5, 5.41) is 24.5. The maximum Gasteiger partial charge on any atom is 0.287 e. The van der Waals surface area contributed by atoms with E-state index in [1.54, 1.807) is 20.8 Å². The van der Waals surface area contributed by atoms with E-state index in [0.717, 1.165) is 32.1 Å². The van der Waals surface area contributed by atoms with E-state index in [0.29, 0.717) is 5.69 Å². The number of sulfonamides is 1. The molecule has 0 spiro atoms. The minimum absolute atomic E-state index is 0.0533. The second kappa shape index (κ2) is 16.5. The average Bonchev–Trinajstić information content (AvgIpc) is 3.80. The van der Waals surface area contributed by atoms with E-state index in [2.05, 4.69) is 25.7 Å². The van der Waals surface area contributed by atoms with Gasteiger partial charge in [0.25, 0.3) is 11.8 Å². The van der Waals surface area contributed by atoms with E-state index in [-0.39, 0.29) is 35.8 Å². The average molecular weight is 835 g/mol. The second-order valence-corrected chi connectivity index (χ2v) is 21.1. The summed E-state index contributed by atoms with van der Waals surface area (Å²) in [7, 11) is -7.46. The van der Waals surface area contributed by atoms with Gasteiger partial charge < -0.3 is 26.4 Å². The van der Waals surface area contributed by atoms with Crippen LogP contribution in [0.15, 0.2) is 35.4 Å². The van der Waals surface area contributed by atoms with Crippen LogP contribution < -0.4 is 21.1 Å². The van der Waals surface area contributed by atoms with Crippen molar-refractivity contribution in [2.24, 2.45) is 11.7 Å². The Balaban J connectivity index is 1.48. The number of ketones is 1. The lowest BCUT2D eigenvalue weighted by Gasteiger charge is -2.37. The van der Waals surface area contributed by atoms with E-state index in [1.165, 1.54) is 53.9 Å². The number of Topliss-reactive ketones (excluding diaryl/α,β-unsaturated/α-hetero) is 1. The smallest absolute Gasteiger partial charge is 0.287 e. The summed E-state index contributed by atoms with van der Waals surface area (Å²) in [6, 6.07) is 2.12. The lowest BCUT2D eigenvalue weighted by molar-refractivity contribution is -0.145. The molecule has 18 nitrogen and oxygen atoms in total. The third-order valence-electron chi connectivity index (χ3n) is 10.9. The van der Waals surface area contributed by atoms with E-state index in [4.69, 9.17) is 5.73 Å². The number of hydrogen-bond donors (Lipinski definition) is 5. The summed E-state index contributed by atoms with van der Waals surface area (Å²) in [6.45, 7) is 8.03. The molecule has 314 valence electrons. The third-order valence-corrected chi connectivity index (χ3v) is 14.3. The normalized spacial score (nSPS) is 22.0. The summed E-state index contributed by atoms with van der Waals surface area (Å²) in [6.07, 6.45) is 5.27. The first-order valence-corrected chi connectivity index (χ1v) is 22.5. The Kier molecular flexibility index (Phi) is 12.7. The Labute approximate surface area is 333 Å². The van der Waals surface area contributed by atoms with Gasteiger partial charge in [0.2, 0.25) is 27.6 Å². The number of aromatic nitrogens is 3. The van der Waals surface area contributed by atoms with Gasteiger partial charge in [-0.3, -0.25) is 24.0 Å². The fraction of sp³-hybridized carbons (Fsp3) is 0.649. The highest BCUT2D eigenvalue weighted by Gasteiger charge is 2.51. The zero-order chi connectivity index (χ0) is 42.1. The van der Waals surface area contributed by atoms with Crippen LogP contribution in [0.1, 0.15) is 114 Å². The van der Waals surface area contributed by atoms with Gasteiger partial charge in [-0.05, 0) is 84.1 Å². The molecule has 1 saturated carbocycles. The van der Waals surface area contributed by atoms with E-state index < -0.39 is 108 Å². The summed E-state index contributed by atoms with van der Waals surface area (Å²) in [4.78, 5) is 69.7. The lowest BCUT2D eigenvalue weighted by atomic mass is 9.84. The summed E-state index contributed by atoms with van der Waals surface area (Å²) >= 11 is 0. The maximum absolute atomic E-state index is 14.8. The first-order chi connectivity index (χ1) is 26.4. The number of benzene rings is 1. The first kappa shape index (κ1) is 43.8. The van der Waals surface area contributed by atoms with Crippen LogP contribution in [0.3, 0.4) is 0 Å². The van der Waals surface area contributed by atoms with Crippen LogP contribution in [0, 0.1) is 5.92 Å². The Morgan fingerprint density at radius 3 is 2.18 bits per heavy atom. The summed E-state index contributed by atoms with van der Waals surface area (Å²) in [5.74, 6) is -5.51. The molecule has 2 aliphatic heterocycles. The Hall–Kier alpha value is -4.27. The number of likely N-dealkylation sites (tertiary alicyclic amines) is 1. The Morgan fingerprint density at radius 1 is 1.00 bits per heavy atom. The molecule has 20 heteroatoms. The first-order valence-electron chi connectivity index (χ1n) is 19.2. The number of carbonyl (C=O) groups excluding carboxylic acids is 5. The highest BCUT2D eigenvalue weighted by atomic mass is 32.2. The highest BCUT2D eigenvalue weighted by molar-refractivity contribution is 7.91. The molecular weight excluding hydrogens is 781 g/mol. The van der Waals surface area contributed by atoms with Crippen molar-refractivity contribution in [3.8, 4) is 0 Å². The molecule has 57 heavy (non-hydrogen) atoms. The van der Waals surface area contributed by atoms with E-state index in [9.17, 15) is 45.9 Å². The monoisotopic (exact) mass is 834 g/mol. The number of amides is 4. The third kappa shape index (κ3) is 10.4. The number of sulfone groups is 1. The zero-order valence-electron chi connectivity index (χ0n) is 33.0. The van der Waals surface area contributed by atoms with Gasteiger partial charge in [0.05, 0.1) is 34.3 Å². The van der Waals surface area contributed by atoms with Gasteiger partial charge in [0, 0.05) is 24.1 Å². The number of rotatable bonds is 13. The number of aliphatic hydroxyl groups is 1. The fourth-order valence-electron chi connectivity index (χ4n) is 7.95. The van der Waals surface area contributed by atoms with Crippen molar-refractivity contribution in [1.29, 1.82) is 0 Å². The van der Waals surface area contributed by atoms with Gasteiger partial charge in [0.1, 0.15) is 23.2 Å². The van der Waals surface area contributed by atoms with Gasteiger partial charge in [-0.1, -0.05) is 37.3 Å². The molecule has 3 aliphatic rings. The van der Waals surface area contributed by atoms with Gasteiger partial charge >= 0.3 is 0 Å². The van der Waals surface area contributed by atoms with E-state index in [1.807, 2.05) is 0 Å². The molecule has 1 aromatic heterocycles. The molecule has 3 fully saturated rings. The number of hydrogen-bond acceptors (Lipinski definition) is 12. The number of nitrogens with zero attached hydrogens (tertiary/aromatic N) is 4. The summed E-state index contributed by atoms with van der Waals surface area (Å²) in [5.41, 5.74) is 1.68. The molecule has 2 saturated heterocycles. The topological polar surface area (TPSA) is 270 Å². The van der Waals surface area contributed by atoms with Crippen LogP contribution in [0.4, 0.5) is 0 Å². The van der Waals surface area contributed by atoms with Crippen molar-refractivity contribution in [1.82, 2.24) is 35.2 Å². The van der Waals surface area contributed by atoms with Gasteiger partial charge in [-0.2, -0.15) is 0 Å². The molecule has 0 bridgehead atoms. The van der Waals surface area contributed by atoms with Crippen LogP contribution in [0.2, 0.25) is 0 Å². The SMILES string of the molecule is CC(C)(C)NS(=O)(=O)c1ccc(C(=O)N[C@H](CC2CCCCC2)C(=O)N2C[C@@H](n3nncc3C(C)(C)O)C[C@H]2C(=O)NC2(C(=O)C(N)=O)CCS(=O)(=O)CC2)cc1. The van der Waals surface area contributed by atoms with Crippen LogP contribution >= 0.6 is 0 Å². The molecule has 5 rings (SSSR count).